The van der Waals surface area contributed by atoms with E-state index in [4.69, 9.17) is 11.6 Å². The van der Waals surface area contributed by atoms with Gasteiger partial charge in [-0.3, -0.25) is 4.79 Å². The first-order chi connectivity index (χ1) is 12.1. The van der Waals surface area contributed by atoms with Crippen LogP contribution in [0, 0.1) is 5.82 Å². The normalized spacial score (nSPS) is 18.8. The van der Waals surface area contributed by atoms with Crippen molar-refractivity contribution in [3.8, 4) is 5.69 Å². The van der Waals surface area contributed by atoms with E-state index in [1.165, 1.54) is 16.8 Å². The Hall–Kier alpha value is -2.66. The number of para-hydroxylation sites is 1. The molecule has 0 bridgehead atoms. The van der Waals surface area contributed by atoms with Crippen LogP contribution >= 0.6 is 11.6 Å². The molecule has 0 unspecified atom stereocenters. The first-order valence-corrected chi connectivity index (χ1v) is 8.36. The van der Waals surface area contributed by atoms with Gasteiger partial charge in [-0.25, -0.2) is 4.39 Å². The van der Waals surface area contributed by atoms with Crippen LogP contribution in [-0.2, 0) is 0 Å². The molecule has 25 heavy (non-hydrogen) atoms. The Morgan fingerprint density at radius 3 is 2.56 bits per heavy atom. The summed E-state index contributed by atoms with van der Waals surface area (Å²) in [7, 11) is 0. The van der Waals surface area contributed by atoms with Gasteiger partial charge in [0, 0.05) is 12.0 Å². The minimum Gasteiger partial charge on any atom is -0.379 e. The molecule has 1 heterocycles. The van der Waals surface area contributed by atoms with E-state index in [1.807, 2.05) is 18.2 Å². The van der Waals surface area contributed by atoms with Crippen LogP contribution < -0.4 is 10.9 Å². The SMILES string of the molecule is O=c1c(Cl)c(N[C@@H]2C[C@H]2c2ccc(F)cc2)cnn1-c1ccccc1. The van der Waals surface area contributed by atoms with Gasteiger partial charge in [0.25, 0.3) is 5.56 Å². The summed E-state index contributed by atoms with van der Waals surface area (Å²) < 4.78 is 14.3. The molecule has 1 aliphatic rings. The average Bonchev–Trinajstić information content (AvgIpc) is 3.40. The first-order valence-electron chi connectivity index (χ1n) is 7.99. The molecule has 1 fully saturated rings. The molecular formula is C19H15ClFN3O. The fourth-order valence-corrected chi connectivity index (χ4v) is 3.10. The number of aromatic nitrogens is 2. The monoisotopic (exact) mass is 355 g/mol. The highest BCUT2D eigenvalue weighted by atomic mass is 35.5. The summed E-state index contributed by atoms with van der Waals surface area (Å²) in [6.07, 6.45) is 2.47. The summed E-state index contributed by atoms with van der Waals surface area (Å²) in [6, 6.07) is 15.8. The number of anilines is 1. The maximum atomic E-state index is 13.0. The van der Waals surface area contributed by atoms with E-state index >= 15 is 0 Å². The molecule has 1 N–H and O–H groups in total. The molecule has 0 amide bonds. The lowest BCUT2D eigenvalue weighted by atomic mass is 10.1. The quantitative estimate of drug-likeness (QED) is 0.769. The molecule has 1 aliphatic carbocycles. The minimum absolute atomic E-state index is 0.114. The zero-order valence-corrected chi connectivity index (χ0v) is 13.9. The summed E-state index contributed by atoms with van der Waals surface area (Å²) >= 11 is 6.25. The summed E-state index contributed by atoms with van der Waals surface area (Å²) in [6.45, 7) is 0. The lowest BCUT2D eigenvalue weighted by molar-refractivity contribution is 0.627. The van der Waals surface area contributed by atoms with Crippen molar-refractivity contribution < 1.29 is 4.39 Å². The van der Waals surface area contributed by atoms with Gasteiger partial charge in [-0.05, 0) is 36.2 Å². The van der Waals surface area contributed by atoms with Crippen LogP contribution in [0.3, 0.4) is 0 Å². The third-order valence-electron chi connectivity index (χ3n) is 4.35. The van der Waals surface area contributed by atoms with E-state index in [0.29, 0.717) is 11.4 Å². The Kier molecular flexibility index (Phi) is 4.01. The predicted octanol–water partition coefficient (Wildman–Crippen LogP) is 3.99. The first kappa shape index (κ1) is 15.8. The van der Waals surface area contributed by atoms with E-state index in [1.54, 1.807) is 30.5 Å². The van der Waals surface area contributed by atoms with Gasteiger partial charge in [0.1, 0.15) is 10.8 Å². The van der Waals surface area contributed by atoms with Gasteiger partial charge in [-0.2, -0.15) is 9.78 Å². The Balaban J connectivity index is 1.54. The van der Waals surface area contributed by atoms with Crippen LogP contribution in [0.2, 0.25) is 5.02 Å². The number of halogens is 2. The fraction of sp³-hybridized carbons (Fsp3) is 0.158. The minimum atomic E-state index is -0.364. The molecule has 4 rings (SSSR count). The number of hydrogen-bond donors (Lipinski definition) is 1. The van der Waals surface area contributed by atoms with Crippen molar-refractivity contribution in [2.75, 3.05) is 5.32 Å². The van der Waals surface area contributed by atoms with Crippen molar-refractivity contribution in [2.24, 2.45) is 0 Å². The van der Waals surface area contributed by atoms with Crippen LogP contribution in [0.4, 0.5) is 10.1 Å². The van der Waals surface area contributed by atoms with E-state index in [-0.39, 0.29) is 28.4 Å². The third-order valence-corrected chi connectivity index (χ3v) is 4.71. The van der Waals surface area contributed by atoms with Crippen LogP contribution in [0.1, 0.15) is 17.9 Å². The van der Waals surface area contributed by atoms with E-state index in [2.05, 4.69) is 10.4 Å². The van der Waals surface area contributed by atoms with E-state index < -0.39 is 0 Å². The van der Waals surface area contributed by atoms with Gasteiger partial charge in [0.15, 0.2) is 0 Å². The number of hydrogen-bond acceptors (Lipinski definition) is 3. The van der Waals surface area contributed by atoms with Crippen LogP contribution in [0.5, 0.6) is 0 Å². The van der Waals surface area contributed by atoms with Gasteiger partial charge in [0.05, 0.1) is 17.6 Å². The van der Waals surface area contributed by atoms with Crippen molar-refractivity contribution in [3.05, 3.63) is 87.6 Å². The zero-order chi connectivity index (χ0) is 17.4. The molecule has 4 nitrogen and oxygen atoms in total. The average molecular weight is 356 g/mol. The number of nitrogens with zero attached hydrogens (tertiary/aromatic N) is 2. The molecule has 0 spiro atoms. The molecule has 0 saturated heterocycles. The molecule has 3 aromatic rings. The Labute approximate surface area is 148 Å². The van der Waals surface area contributed by atoms with Crippen molar-refractivity contribution in [2.45, 2.75) is 18.4 Å². The van der Waals surface area contributed by atoms with Crippen LogP contribution in [-0.4, -0.2) is 15.8 Å². The highest BCUT2D eigenvalue weighted by Gasteiger charge is 2.38. The van der Waals surface area contributed by atoms with Gasteiger partial charge < -0.3 is 5.32 Å². The zero-order valence-electron chi connectivity index (χ0n) is 13.2. The molecule has 2 aromatic carbocycles. The van der Waals surface area contributed by atoms with Crippen molar-refractivity contribution >= 4 is 17.3 Å². The van der Waals surface area contributed by atoms with Gasteiger partial charge in [-0.1, -0.05) is 41.9 Å². The molecule has 126 valence electrons. The van der Waals surface area contributed by atoms with Gasteiger partial charge in [0.2, 0.25) is 0 Å². The third kappa shape index (κ3) is 3.15. The van der Waals surface area contributed by atoms with Crippen LogP contribution in [0.25, 0.3) is 5.69 Å². The Bertz CT molecular complexity index is 957. The van der Waals surface area contributed by atoms with Crippen molar-refractivity contribution in [3.63, 3.8) is 0 Å². The van der Waals surface area contributed by atoms with Gasteiger partial charge in [-0.15, -0.1) is 0 Å². The Morgan fingerprint density at radius 1 is 1.12 bits per heavy atom. The maximum absolute atomic E-state index is 13.0. The number of rotatable bonds is 4. The molecule has 6 heteroatoms. The summed E-state index contributed by atoms with van der Waals surface area (Å²) in [4.78, 5) is 12.5. The molecular weight excluding hydrogens is 341 g/mol. The summed E-state index contributed by atoms with van der Waals surface area (Å²) in [5.74, 6) is 0.0406. The highest BCUT2D eigenvalue weighted by molar-refractivity contribution is 6.33. The lowest BCUT2D eigenvalue weighted by Gasteiger charge is -2.10. The predicted molar refractivity (Wildman–Crippen MR) is 96.0 cm³/mol. The number of nitrogens with one attached hydrogen (secondary N) is 1. The van der Waals surface area contributed by atoms with E-state index in [9.17, 15) is 9.18 Å². The lowest BCUT2D eigenvalue weighted by Crippen LogP contribution is -2.23. The second kappa shape index (κ2) is 6.33. The highest BCUT2D eigenvalue weighted by Crippen LogP contribution is 2.43. The molecule has 1 aromatic heterocycles. The Morgan fingerprint density at radius 2 is 1.84 bits per heavy atom. The fourth-order valence-electron chi connectivity index (χ4n) is 2.92. The van der Waals surface area contributed by atoms with Crippen molar-refractivity contribution in [1.82, 2.24) is 9.78 Å². The molecule has 1 saturated carbocycles. The molecule has 2 atom stereocenters. The van der Waals surface area contributed by atoms with Crippen molar-refractivity contribution in [1.29, 1.82) is 0 Å². The summed E-state index contributed by atoms with van der Waals surface area (Å²) in [5.41, 5.74) is 1.89. The molecule has 0 radical (unpaired) electrons. The van der Waals surface area contributed by atoms with E-state index in [0.717, 1.165) is 12.0 Å². The second-order valence-corrected chi connectivity index (χ2v) is 6.45. The topological polar surface area (TPSA) is 46.9 Å². The summed E-state index contributed by atoms with van der Waals surface area (Å²) in [5, 5.41) is 7.59. The maximum Gasteiger partial charge on any atom is 0.292 e. The van der Waals surface area contributed by atoms with Gasteiger partial charge >= 0.3 is 0 Å². The second-order valence-electron chi connectivity index (χ2n) is 6.07. The smallest absolute Gasteiger partial charge is 0.292 e. The number of benzene rings is 2. The largest absolute Gasteiger partial charge is 0.379 e. The standard InChI is InChI=1S/C19H15ClFN3O/c20-18-17(11-22-24(19(18)25)14-4-2-1-3-5-14)23-16-10-15(16)12-6-8-13(21)9-7-12/h1-9,11,15-16,23H,10H2/t15-,16+/m0/s1. The molecule has 0 aliphatic heterocycles. The van der Waals surface area contributed by atoms with Crippen LogP contribution in [0.15, 0.2) is 65.6 Å².